The number of hydrogen-bond donors (Lipinski definition) is 2. The number of aliphatic hydroxyl groups is 1. The molecule has 3 rings (SSSR count). The van der Waals surface area contributed by atoms with Crippen LogP contribution >= 0.6 is 0 Å². The van der Waals surface area contributed by atoms with Gasteiger partial charge < -0.3 is 15.2 Å². The molecule has 0 saturated carbocycles. The molecule has 2 aliphatic rings. The fourth-order valence-electron chi connectivity index (χ4n) is 4.19. The molecular formula is C18H23N2O5+. The van der Waals surface area contributed by atoms with E-state index in [0.717, 1.165) is 16.0 Å². The number of hydrogen-bond acceptors (Lipinski definition) is 5. The Labute approximate surface area is 146 Å². The van der Waals surface area contributed by atoms with E-state index in [2.05, 4.69) is 0 Å². The third-order valence-corrected chi connectivity index (χ3v) is 5.45. The molecule has 0 unspecified atom stereocenters. The van der Waals surface area contributed by atoms with Crippen molar-refractivity contribution in [1.29, 1.82) is 0 Å². The van der Waals surface area contributed by atoms with Crippen LogP contribution in [-0.2, 0) is 19.1 Å². The molecule has 2 aliphatic heterocycles. The van der Waals surface area contributed by atoms with Crippen molar-refractivity contribution in [3.63, 3.8) is 0 Å². The van der Waals surface area contributed by atoms with Gasteiger partial charge in [0, 0.05) is 12.6 Å². The Bertz CT molecular complexity index is 734. The standard InChI is InChI=1S/C18H22N2O5/c1-4-25-17(24)18(9-21)13-12(15(22)20(3)16(13)23)14(19-18)11-8-6-5-7-10(11)2/h5-8,12-14,19,21H,4,9H2,1-3H3/p+1/t12-,13+,14-,18+/m0/s1. The van der Waals surface area contributed by atoms with Gasteiger partial charge in [-0.3, -0.25) is 14.5 Å². The second kappa shape index (κ2) is 6.24. The van der Waals surface area contributed by atoms with Crippen LogP contribution in [-0.4, -0.2) is 53.6 Å². The third-order valence-electron chi connectivity index (χ3n) is 5.45. The first-order chi connectivity index (χ1) is 11.9. The summed E-state index contributed by atoms with van der Waals surface area (Å²) in [4.78, 5) is 39.2. The van der Waals surface area contributed by atoms with Gasteiger partial charge in [-0.25, -0.2) is 4.79 Å². The molecule has 1 aromatic rings. The number of nitrogens with zero attached hydrogens (tertiary/aromatic N) is 1. The SMILES string of the molecule is CCOC(=O)[C@]1(CO)[NH2+][C@@H](c2ccccc2C)[C@H]2C(=O)N(C)C(=O)[C@@H]21. The molecule has 7 heteroatoms. The molecule has 134 valence electrons. The summed E-state index contributed by atoms with van der Waals surface area (Å²) in [5.41, 5.74) is 0.356. The predicted molar refractivity (Wildman–Crippen MR) is 87.1 cm³/mol. The lowest BCUT2D eigenvalue weighted by atomic mass is 9.79. The zero-order valence-corrected chi connectivity index (χ0v) is 14.6. The van der Waals surface area contributed by atoms with Gasteiger partial charge in [0.25, 0.3) is 0 Å². The summed E-state index contributed by atoms with van der Waals surface area (Å²) in [6.07, 6.45) is 0. The summed E-state index contributed by atoms with van der Waals surface area (Å²) < 4.78 is 5.15. The minimum Gasteiger partial charge on any atom is -0.461 e. The molecule has 2 amide bonds. The smallest absolute Gasteiger partial charge is 0.371 e. The number of nitrogens with two attached hydrogens (primary N) is 1. The van der Waals surface area contributed by atoms with E-state index in [1.807, 2.05) is 31.2 Å². The van der Waals surface area contributed by atoms with E-state index in [-0.39, 0.29) is 12.5 Å². The van der Waals surface area contributed by atoms with Gasteiger partial charge in [-0.15, -0.1) is 0 Å². The maximum Gasteiger partial charge on any atom is 0.371 e. The summed E-state index contributed by atoms with van der Waals surface area (Å²) >= 11 is 0. The largest absolute Gasteiger partial charge is 0.461 e. The van der Waals surface area contributed by atoms with E-state index in [9.17, 15) is 19.5 Å². The number of ether oxygens (including phenoxy) is 1. The van der Waals surface area contributed by atoms with Crippen molar-refractivity contribution in [3.8, 4) is 0 Å². The van der Waals surface area contributed by atoms with Gasteiger partial charge >= 0.3 is 5.97 Å². The highest BCUT2D eigenvalue weighted by Crippen LogP contribution is 2.44. The first kappa shape index (κ1) is 17.6. The molecule has 0 bridgehead atoms. The van der Waals surface area contributed by atoms with Crippen LogP contribution in [0.4, 0.5) is 0 Å². The number of amides is 2. The van der Waals surface area contributed by atoms with Gasteiger partial charge in [-0.1, -0.05) is 24.3 Å². The summed E-state index contributed by atoms with van der Waals surface area (Å²) in [5, 5.41) is 11.7. The van der Waals surface area contributed by atoms with E-state index in [1.54, 1.807) is 12.2 Å². The predicted octanol–water partition coefficient (Wildman–Crippen LogP) is -0.862. The fraction of sp³-hybridized carbons (Fsp3) is 0.500. The molecular weight excluding hydrogens is 324 g/mol. The van der Waals surface area contributed by atoms with Crippen molar-refractivity contribution in [2.75, 3.05) is 20.3 Å². The molecule has 0 aliphatic carbocycles. The van der Waals surface area contributed by atoms with Crippen LogP contribution in [0.3, 0.4) is 0 Å². The summed E-state index contributed by atoms with van der Waals surface area (Å²) in [6, 6.07) is 7.14. The summed E-state index contributed by atoms with van der Waals surface area (Å²) in [6.45, 7) is 3.16. The van der Waals surface area contributed by atoms with Gasteiger partial charge in [-0.2, -0.15) is 0 Å². The highest BCUT2D eigenvalue weighted by molar-refractivity contribution is 6.08. The fourth-order valence-corrected chi connectivity index (χ4v) is 4.19. The molecule has 0 radical (unpaired) electrons. The minimum atomic E-state index is -1.49. The highest BCUT2D eigenvalue weighted by Gasteiger charge is 2.72. The molecule has 0 spiro atoms. The Morgan fingerprint density at radius 3 is 2.60 bits per heavy atom. The van der Waals surface area contributed by atoms with Crippen LogP contribution in [0.15, 0.2) is 24.3 Å². The average Bonchev–Trinajstić information content (AvgIpc) is 3.06. The maximum atomic E-state index is 12.7. The van der Waals surface area contributed by atoms with Gasteiger partial charge in [-0.05, 0) is 19.4 Å². The van der Waals surface area contributed by atoms with Crippen molar-refractivity contribution in [1.82, 2.24) is 4.90 Å². The molecule has 2 saturated heterocycles. The number of aryl methyl sites for hydroxylation is 1. The van der Waals surface area contributed by atoms with Crippen molar-refractivity contribution < 1.29 is 29.5 Å². The summed E-state index contributed by atoms with van der Waals surface area (Å²) in [5.74, 6) is -3.04. The van der Waals surface area contributed by atoms with E-state index in [0.29, 0.717) is 0 Å². The first-order valence-corrected chi connectivity index (χ1v) is 8.40. The summed E-state index contributed by atoms with van der Waals surface area (Å²) in [7, 11) is 1.42. The van der Waals surface area contributed by atoms with Crippen LogP contribution in [0.1, 0.15) is 24.1 Å². The van der Waals surface area contributed by atoms with Gasteiger partial charge in [0.2, 0.25) is 17.4 Å². The molecule has 25 heavy (non-hydrogen) atoms. The molecule has 2 heterocycles. The number of rotatable bonds is 4. The second-order valence-corrected chi connectivity index (χ2v) is 6.71. The Morgan fingerprint density at radius 1 is 1.32 bits per heavy atom. The van der Waals surface area contributed by atoms with E-state index < -0.39 is 41.9 Å². The van der Waals surface area contributed by atoms with E-state index >= 15 is 0 Å². The second-order valence-electron chi connectivity index (χ2n) is 6.71. The van der Waals surface area contributed by atoms with Crippen LogP contribution in [0.5, 0.6) is 0 Å². The highest BCUT2D eigenvalue weighted by atomic mass is 16.5. The lowest BCUT2D eigenvalue weighted by molar-refractivity contribution is -0.735. The Hall–Kier alpha value is -2.25. The first-order valence-electron chi connectivity index (χ1n) is 8.40. The number of carbonyl (C=O) groups excluding carboxylic acids is 3. The zero-order chi connectivity index (χ0) is 18.4. The lowest BCUT2D eigenvalue weighted by Gasteiger charge is -2.27. The average molecular weight is 347 g/mol. The third kappa shape index (κ3) is 2.38. The zero-order valence-electron chi connectivity index (χ0n) is 14.6. The molecule has 7 nitrogen and oxygen atoms in total. The number of likely N-dealkylation sites (tertiary alicyclic amines) is 1. The lowest BCUT2D eigenvalue weighted by Crippen LogP contribution is -2.99. The van der Waals surface area contributed by atoms with E-state index in [4.69, 9.17) is 4.74 Å². The number of aliphatic hydroxyl groups excluding tert-OH is 1. The van der Waals surface area contributed by atoms with Crippen LogP contribution in [0.2, 0.25) is 0 Å². The Morgan fingerprint density at radius 2 is 2.00 bits per heavy atom. The normalized spacial score (nSPS) is 31.4. The van der Waals surface area contributed by atoms with Crippen molar-refractivity contribution in [2.45, 2.75) is 25.4 Å². The van der Waals surface area contributed by atoms with Crippen LogP contribution in [0, 0.1) is 18.8 Å². The van der Waals surface area contributed by atoms with Crippen LogP contribution < -0.4 is 5.32 Å². The number of carbonyl (C=O) groups is 3. The molecule has 2 fully saturated rings. The van der Waals surface area contributed by atoms with Crippen LogP contribution in [0.25, 0.3) is 0 Å². The molecule has 1 aromatic carbocycles. The molecule has 0 aromatic heterocycles. The quantitative estimate of drug-likeness (QED) is 0.545. The number of imide groups is 1. The molecule has 4 atom stereocenters. The van der Waals surface area contributed by atoms with Gasteiger partial charge in [0.1, 0.15) is 24.5 Å². The minimum absolute atomic E-state index is 0.138. The number of esters is 1. The van der Waals surface area contributed by atoms with Crippen molar-refractivity contribution in [2.24, 2.45) is 11.8 Å². The number of fused-ring (bicyclic) bond motifs is 1. The van der Waals surface area contributed by atoms with E-state index in [1.165, 1.54) is 7.05 Å². The Balaban J connectivity index is 2.14. The maximum absolute atomic E-state index is 12.7. The van der Waals surface area contributed by atoms with Gasteiger partial charge in [0.15, 0.2) is 0 Å². The number of quaternary nitrogens is 1. The van der Waals surface area contributed by atoms with Crippen molar-refractivity contribution >= 4 is 17.8 Å². The van der Waals surface area contributed by atoms with Gasteiger partial charge in [0.05, 0.1) is 6.61 Å². The monoisotopic (exact) mass is 347 g/mol. The molecule has 3 N–H and O–H groups in total. The number of benzene rings is 1. The topological polar surface area (TPSA) is 101 Å². The Kier molecular flexibility index (Phi) is 4.38. The van der Waals surface area contributed by atoms with Crippen molar-refractivity contribution in [3.05, 3.63) is 35.4 Å².